The number of hydrogen-bond donors (Lipinski definition) is 1. The molecule has 0 radical (unpaired) electrons. The van der Waals surface area contributed by atoms with Crippen LogP contribution >= 0.6 is 0 Å². The molecule has 0 fully saturated rings. The van der Waals surface area contributed by atoms with Crippen molar-refractivity contribution in [1.29, 1.82) is 0 Å². The van der Waals surface area contributed by atoms with E-state index in [0.717, 1.165) is 16.8 Å². The number of fused-ring (bicyclic) bond motifs is 1. The highest BCUT2D eigenvalue weighted by Crippen LogP contribution is 2.34. The normalized spacial score (nSPS) is 15.5. The lowest BCUT2D eigenvalue weighted by molar-refractivity contribution is 0.0666. The molecular weight excluding hydrogens is 384 g/mol. The van der Waals surface area contributed by atoms with Gasteiger partial charge in [-0.2, -0.15) is 5.10 Å². The van der Waals surface area contributed by atoms with E-state index in [9.17, 15) is 4.79 Å². The number of benzene rings is 3. The topological polar surface area (TPSA) is 50.2 Å². The number of carbonyl (C=O) groups excluding carboxylic acids is 1. The van der Waals surface area contributed by atoms with E-state index in [4.69, 9.17) is 0 Å². The van der Waals surface area contributed by atoms with E-state index in [-0.39, 0.29) is 12.1 Å². The van der Waals surface area contributed by atoms with Crippen LogP contribution in [0, 0.1) is 6.92 Å². The molecule has 1 aliphatic heterocycles. The maximum atomic E-state index is 13.4. The lowest BCUT2D eigenvalue weighted by Crippen LogP contribution is -2.42. The molecule has 1 amide bonds. The van der Waals surface area contributed by atoms with E-state index < -0.39 is 0 Å². The third-order valence-corrected chi connectivity index (χ3v) is 5.65. The van der Waals surface area contributed by atoms with Gasteiger partial charge in [-0.05, 0) is 30.2 Å². The number of carbonyl (C=O) groups is 1. The molecule has 4 aromatic rings. The number of rotatable bonds is 5. The van der Waals surface area contributed by atoms with Crippen LogP contribution in [0.2, 0.25) is 0 Å². The van der Waals surface area contributed by atoms with Crippen LogP contribution < -0.4 is 5.32 Å². The van der Waals surface area contributed by atoms with Crippen LogP contribution in [0.1, 0.15) is 38.8 Å². The Bertz CT molecular complexity index is 1200. The molecular formula is C26H24N4O. The Labute approximate surface area is 182 Å². The van der Waals surface area contributed by atoms with Crippen LogP contribution in [0.5, 0.6) is 0 Å². The van der Waals surface area contributed by atoms with Crippen molar-refractivity contribution in [3.63, 3.8) is 0 Å². The molecule has 154 valence electrons. The van der Waals surface area contributed by atoms with Gasteiger partial charge in [0.15, 0.2) is 0 Å². The summed E-state index contributed by atoms with van der Waals surface area (Å²) in [5.41, 5.74) is 6.01. The Balaban J connectivity index is 1.47. The predicted molar refractivity (Wildman–Crippen MR) is 122 cm³/mol. The summed E-state index contributed by atoms with van der Waals surface area (Å²) in [6.45, 7) is 3.28. The Morgan fingerprint density at radius 2 is 1.58 bits per heavy atom. The van der Waals surface area contributed by atoms with Gasteiger partial charge < -0.3 is 10.2 Å². The van der Waals surface area contributed by atoms with Gasteiger partial charge in [0, 0.05) is 24.0 Å². The molecule has 1 aliphatic rings. The Morgan fingerprint density at radius 3 is 2.39 bits per heavy atom. The van der Waals surface area contributed by atoms with Crippen molar-refractivity contribution in [3.05, 3.63) is 119 Å². The van der Waals surface area contributed by atoms with E-state index in [0.29, 0.717) is 18.7 Å². The van der Waals surface area contributed by atoms with Crippen molar-refractivity contribution < 1.29 is 4.79 Å². The molecule has 1 aromatic heterocycles. The van der Waals surface area contributed by atoms with Crippen molar-refractivity contribution in [2.24, 2.45) is 0 Å². The second-order valence-electron chi connectivity index (χ2n) is 7.97. The molecule has 3 aromatic carbocycles. The Kier molecular flexibility index (Phi) is 5.00. The standard InChI is InChI=1S/C26H24N4O/c1-19-11-13-21(14-12-19)17-30-25(28-24-10-6-5-9-23(24)26(30)31)22-15-27-29(18-22)16-20-7-3-2-4-8-20/h2-15,18,25,28H,16-17H2,1H3/t25-/m0/s1. The zero-order valence-electron chi connectivity index (χ0n) is 17.4. The molecule has 5 rings (SSSR count). The third-order valence-electron chi connectivity index (χ3n) is 5.65. The molecule has 31 heavy (non-hydrogen) atoms. The maximum Gasteiger partial charge on any atom is 0.258 e. The number of nitrogens with zero attached hydrogens (tertiary/aromatic N) is 3. The minimum atomic E-state index is -0.284. The first-order chi connectivity index (χ1) is 15.2. The molecule has 0 bridgehead atoms. The lowest BCUT2D eigenvalue weighted by atomic mass is 10.0. The van der Waals surface area contributed by atoms with Crippen molar-refractivity contribution in [2.75, 3.05) is 5.32 Å². The quantitative estimate of drug-likeness (QED) is 0.505. The highest BCUT2D eigenvalue weighted by Gasteiger charge is 2.33. The number of amides is 1. The van der Waals surface area contributed by atoms with Gasteiger partial charge >= 0.3 is 0 Å². The minimum absolute atomic E-state index is 0.0238. The van der Waals surface area contributed by atoms with Gasteiger partial charge in [-0.25, -0.2) is 0 Å². The second-order valence-corrected chi connectivity index (χ2v) is 7.97. The number of nitrogens with one attached hydrogen (secondary N) is 1. The fourth-order valence-electron chi connectivity index (χ4n) is 3.99. The number of aryl methyl sites for hydroxylation is 1. The molecule has 5 nitrogen and oxygen atoms in total. The van der Waals surface area contributed by atoms with E-state index in [1.165, 1.54) is 11.1 Å². The first-order valence-electron chi connectivity index (χ1n) is 10.5. The van der Waals surface area contributed by atoms with Gasteiger partial charge in [0.05, 0.1) is 18.3 Å². The average molecular weight is 409 g/mol. The summed E-state index contributed by atoms with van der Waals surface area (Å²) in [5, 5.41) is 8.11. The first-order valence-corrected chi connectivity index (χ1v) is 10.5. The van der Waals surface area contributed by atoms with Gasteiger partial charge in [-0.1, -0.05) is 72.3 Å². The monoisotopic (exact) mass is 408 g/mol. The van der Waals surface area contributed by atoms with Crippen molar-refractivity contribution >= 4 is 11.6 Å². The Hall–Kier alpha value is -3.86. The van der Waals surface area contributed by atoms with Crippen molar-refractivity contribution in [2.45, 2.75) is 26.2 Å². The predicted octanol–water partition coefficient (Wildman–Crippen LogP) is 5.01. The molecule has 1 N–H and O–H groups in total. The summed E-state index contributed by atoms with van der Waals surface area (Å²) in [7, 11) is 0. The molecule has 0 aliphatic carbocycles. The number of anilines is 1. The van der Waals surface area contributed by atoms with E-state index in [1.807, 2.05) is 64.4 Å². The zero-order chi connectivity index (χ0) is 21.2. The Morgan fingerprint density at radius 1 is 0.871 bits per heavy atom. The summed E-state index contributed by atoms with van der Waals surface area (Å²) in [6, 6.07) is 26.3. The summed E-state index contributed by atoms with van der Waals surface area (Å²) in [4.78, 5) is 15.3. The number of hydrogen-bond acceptors (Lipinski definition) is 3. The fourth-order valence-corrected chi connectivity index (χ4v) is 3.99. The van der Waals surface area contributed by atoms with Crippen molar-refractivity contribution in [3.8, 4) is 0 Å². The SMILES string of the molecule is Cc1ccc(CN2C(=O)c3ccccc3N[C@@H]2c2cnn(Cc3ccccc3)c2)cc1. The molecule has 0 spiro atoms. The van der Waals surface area contributed by atoms with Gasteiger partial charge in [0.2, 0.25) is 0 Å². The van der Waals surface area contributed by atoms with Crippen LogP contribution in [0.3, 0.4) is 0 Å². The van der Waals surface area contributed by atoms with Gasteiger partial charge in [-0.15, -0.1) is 0 Å². The van der Waals surface area contributed by atoms with Crippen LogP contribution in [0.15, 0.2) is 91.3 Å². The van der Waals surface area contributed by atoms with Crippen molar-refractivity contribution in [1.82, 2.24) is 14.7 Å². The first kappa shape index (κ1) is 19.1. The van der Waals surface area contributed by atoms with Gasteiger partial charge in [-0.3, -0.25) is 9.48 Å². The molecule has 0 saturated carbocycles. The van der Waals surface area contributed by atoms with E-state index in [1.54, 1.807) is 0 Å². The maximum absolute atomic E-state index is 13.4. The number of aromatic nitrogens is 2. The highest BCUT2D eigenvalue weighted by atomic mass is 16.2. The molecule has 0 unspecified atom stereocenters. The summed E-state index contributed by atoms with van der Waals surface area (Å²) in [5.74, 6) is 0.0238. The van der Waals surface area contributed by atoms with Crippen LogP contribution in [-0.2, 0) is 13.1 Å². The van der Waals surface area contributed by atoms with Crippen LogP contribution in [-0.4, -0.2) is 20.6 Å². The summed E-state index contributed by atoms with van der Waals surface area (Å²) < 4.78 is 1.92. The molecule has 1 atom stereocenters. The largest absolute Gasteiger partial charge is 0.361 e. The van der Waals surface area contributed by atoms with Gasteiger partial charge in [0.1, 0.15) is 6.17 Å². The van der Waals surface area contributed by atoms with E-state index >= 15 is 0 Å². The lowest BCUT2D eigenvalue weighted by Gasteiger charge is -2.37. The molecule has 0 saturated heterocycles. The molecule has 2 heterocycles. The average Bonchev–Trinajstić information content (AvgIpc) is 3.26. The van der Waals surface area contributed by atoms with Crippen LogP contribution in [0.25, 0.3) is 0 Å². The second kappa shape index (κ2) is 8.11. The number of para-hydroxylation sites is 1. The van der Waals surface area contributed by atoms with Crippen LogP contribution in [0.4, 0.5) is 5.69 Å². The highest BCUT2D eigenvalue weighted by molar-refractivity contribution is 6.01. The smallest absolute Gasteiger partial charge is 0.258 e. The molecule has 5 heteroatoms. The zero-order valence-corrected chi connectivity index (χ0v) is 17.4. The third kappa shape index (κ3) is 3.94. The summed E-state index contributed by atoms with van der Waals surface area (Å²) >= 11 is 0. The van der Waals surface area contributed by atoms with Gasteiger partial charge in [0.25, 0.3) is 5.91 Å². The van der Waals surface area contributed by atoms with E-state index in [2.05, 4.69) is 53.7 Å². The minimum Gasteiger partial charge on any atom is -0.361 e. The summed E-state index contributed by atoms with van der Waals surface area (Å²) in [6.07, 6.45) is 3.59. The fraction of sp³-hybridized carbons (Fsp3) is 0.154.